The summed E-state index contributed by atoms with van der Waals surface area (Å²) in [6.07, 6.45) is 5.52. The second kappa shape index (κ2) is 5.10. The Bertz CT molecular complexity index is 472. The number of aryl methyl sites for hydroxylation is 3. The molecule has 90 valence electrons. The minimum absolute atomic E-state index is 0.0398. The van der Waals surface area contributed by atoms with E-state index >= 15 is 0 Å². The van der Waals surface area contributed by atoms with E-state index in [4.69, 9.17) is 5.73 Å². The Morgan fingerprint density at radius 2 is 2.18 bits per heavy atom. The van der Waals surface area contributed by atoms with Gasteiger partial charge in [-0.3, -0.25) is 9.67 Å². The fraction of sp³-hybridized carbons (Fsp3) is 0.385. The van der Waals surface area contributed by atoms with E-state index < -0.39 is 0 Å². The van der Waals surface area contributed by atoms with Gasteiger partial charge >= 0.3 is 0 Å². The quantitative estimate of drug-likeness (QED) is 0.870. The number of nitrogens with two attached hydrogens (primary N) is 1. The first-order valence-corrected chi connectivity index (χ1v) is 5.82. The van der Waals surface area contributed by atoms with E-state index in [1.165, 1.54) is 5.69 Å². The van der Waals surface area contributed by atoms with Crippen molar-refractivity contribution in [2.24, 2.45) is 12.8 Å². The van der Waals surface area contributed by atoms with Gasteiger partial charge in [0.05, 0.1) is 0 Å². The van der Waals surface area contributed by atoms with Crippen molar-refractivity contribution in [3.05, 3.63) is 47.5 Å². The number of nitrogens with zero attached hydrogens (tertiary/aromatic N) is 3. The Morgan fingerprint density at radius 3 is 2.76 bits per heavy atom. The van der Waals surface area contributed by atoms with Crippen LogP contribution in [0.5, 0.6) is 0 Å². The molecule has 0 fully saturated rings. The number of rotatable bonds is 4. The summed E-state index contributed by atoms with van der Waals surface area (Å²) in [5, 5.41) is 4.14. The molecule has 0 aromatic carbocycles. The highest BCUT2D eigenvalue weighted by atomic mass is 15.2. The van der Waals surface area contributed by atoms with Gasteiger partial charge < -0.3 is 5.73 Å². The van der Waals surface area contributed by atoms with Gasteiger partial charge in [0.15, 0.2) is 0 Å². The van der Waals surface area contributed by atoms with E-state index in [1.807, 2.05) is 43.2 Å². The molecule has 2 aromatic rings. The molecule has 0 radical (unpaired) electrons. The normalized spacial score (nSPS) is 12.6. The molecule has 0 aliphatic heterocycles. The van der Waals surface area contributed by atoms with Gasteiger partial charge in [-0.25, -0.2) is 0 Å². The number of hydrogen-bond acceptors (Lipinski definition) is 3. The minimum Gasteiger partial charge on any atom is -0.324 e. The zero-order valence-electron chi connectivity index (χ0n) is 10.3. The Balaban J connectivity index is 1.95. The molecule has 2 rings (SSSR count). The van der Waals surface area contributed by atoms with E-state index in [0.717, 1.165) is 24.1 Å². The number of pyridine rings is 1. The van der Waals surface area contributed by atoms with E-state index in [1.54, 1.807) is 0 Å². The summed E-state index contributed by atoms with van der Waals surface area (Å²) in [6, 6.07) is 6.12. The molecule has 17 heavy (non-hydrogen) atoms. The third-order valence-corrected chi connectivity index (χ3v) is 3.00. The second-order valence-electron chi connectivity index (χ2n) is 4.32. The molecule has 1 unspecified atom stereocenters. The van der Waals surface area contributed by atoms with Crippen LogP contribution in [0.2, 0.25) is 0 Å². The minimum atomic E-state index is 0.0398. The lowest BCUT2D eigenvalue weighted by atomic mass is 10.0. The van der Waals surface area contributed by atoms with Crippen LogP contribution in [0, 0.1) is 6.92 Å². The summed E-state index contributed by atoms with van der Waals surface area (Å²) >= 11 is 0. The first-order valence-electron chi connectivity index (χ1n) is 5.82. The van der Waals surface area contributed by atoms with Crippen LogP contribution in [0.4, 0.5) is 0 Å². The highest BCUT2D eigenvalue weighted by Crippen LogP contribution is 2.15. The molecule has 1 atom stereocenters. The number of aromatic nitrogens is 3. The monoisotopic (exact) mass is 230 g/mol. The largest absolute Gasteiger partial charge is 0.324 e. The smallest absolute Gasteiger partial charge is 0.0492 e. The van der Waals surface area contributed by atoms with E-state index in [-0.39, 0.29) is 6.04 Å². The van der Waals surface area contributed by atoms with Crippen LogP contribution in [-0.4, -0.2) is 14.8 Å². The third kappa shape index (κ3) is 2.91. The van der Waals surface area contributed by atoms with Crippen LogP contribution >= 0.6 is 0 Å². The van der Waals surface area contributed by atoms with Crippen molar-refractivity contribution >= 4 is 0 Å². The fourth-order valence-electron chi connectivity index (χ4n) is 1.82. The molecular weight excluding hydrogens is 212 g/mol. The molecule has 4 nitrogen and oxygen atoms in total. The van der Waals surface area contributed by atoms with Crippen LogP contribution in [0.3, 0.4) is 0 Å². The molecular formula is C13H18N4. The molecule has 2 N–H and O–H groups in total. The topological polar surface area (TPSA) is 56.7 Å². The third-order valence-electron chi connectivity index (χ3n) is 3.00. The van der Waals surface area contributed by atoms with Gasteiger partial charge in [0.2, 0.25) is 0 Å². The van der Waals surface area contributed by atoms with Crippen molar-refractivity contribution in [3.8, 4) is 0 Å². The molecule has 2 heterocycles. The first kappa shape index (κ1) is 11.8. The SMILES string of the molecule is Cc1ccc(C(N)CCc2ccnn2C)cn1. The van der Waals surface area contributed by atoms with Gasteiger partial charge in [0, 0.05) is 36.9 Å². The maximum atomic E-state index is 6.14. The summed E-state index contributed by atoms with van der Waals surface area (Å²) < 4.78 is 1.89. The van der Waals surface area contributed by atoms with Crippen molar-refractivity contribution in [3.63, 3.8) is 0 Å². The Morgan fingerprint density at radius 1 is 1.35 bits per heavy atom. The highest BCUT2D eigenvalue weighted by Gasteiger charge is 2.07. The summed E-state index contributed by atoms with van der Waals surface area (Å²) in [5.74, 6) is 0. The van der Waals surface area contributed by atoms with Crippen LogP contribution in [0.15, 0.2) is 30.6 Å². The van der Waals surface area contributed by atoms with Crippen LogP contribution in [-0.2, 0) is 13.5 Å². The molecule has 2 aromatic heterocycles. The van der Waals surface area contributed by atoms with Crippen molar-refractivity contribution in [1.82, 2.24) is 14.8 Å². The zero-order chi connectivity index (χ0) is 12.3. The summed E-state index contributed by atoms with van der Waals surface area (Å²) in [4.78, 5) is 4.27. The van der Waals surface area contributed by atoms with Gasteiger partial charge in [-0.15, -0.1) is 0 Å². The highest BCUT2D eigenvalue weighted by molar-refractivity contribution is 5.17. The maximum absolute atomic E-state index is 6.14. The van der Waals surface area contributed by atoms with Crippen LogP contribution in [0.25, 0.3) is 0 Å². The average Bonchev–Trinajstić information content (AvgIpc) is 2.73. The van der Waals surface area contributed by atoms with E-state index in [0.29, 0.717) is 0 Å². The van der Waals surface area contributed by atoms with Crippen LogP contribution in [0.1, 0.15) is 29.4 Å². The van der Waals surface area contributed by atoms with E-state index in [2.05, 4.69) is 16.1 Å². The Hall–Kier alpha value is -1.68. The van der Waals surface area contributed by atoms with Crippen molar-refractivity contribution in [2.45, 2.75) is 25.8 Å². The lowest BCUT2D eigenvalue weighted by Gasteiger charge is -2.11. The number of hydrogen-bond donors (Lipinski definition) is 1. The first-order chi connectivity index (χ1) is 8.16. The van der Waals surface area contributed by atoms with Crippen molar-refractivity contribution in [1.29, 1.82) is 0 Å². The predicted octanol–water partition coefficient (Wildman–Crippen LogP) is 1.76. The van der Waals surface area contributed by atoms with Crippen LogP contribution < -0.4 is 5.73 Å². The molecule has 0 saturated carbocycles. The fourth-order valence-corrected chi connectivity index (χ4v) is 1.82. The van der Waals surface area contributed by atoms with Crippen molar-refractivity contribution < 1.29 is 0 Å². The predicted molar refractivity (Wildman–Crippen MR) is 67.4 cm³/mol. The standard InChI is InChI=1S/C13H18N4/c1-10-3-4-11(9-15-10)13(14)6-5-12-7-8-16-17(12)2/h3-4,7-9,13H,5-6,14H2,1-2H3. The average molecular weight is 230 g/mol. The summed E-state index contributed by atoms with van der Waals surface area (Å²) in [6.45, 7) is 1.98. The molecule has 0 aliphatic carbocycles. The van der Waals surface area contributed by atoms with E-state index in [9.17, 15) is 0 Å². The lowest BCUT2D eigenvalue weighted by molar-refractivity contribution is 0.612. The molecule has 0 bridgehead atoms. The van der Waals surface area contributed by atoms with Gasteiger partial charge in [-0.2, -0.15) is 5.10 Å². The molecule has 0 aliphatic rings. The zero-order valence-corrected chi connectivity index (χ0v) is 10.3. The maximum Gasteiger partial charge on any atom is 0.0492 e. The van der Waals surface area contributed by atoms with Gasteiger partial charge in [-0.1, -0.05) is 6.07 Å². The molecule has 0 saturated heterocycles. The second-order valence-corrected chi connectivity index (χ2v) is 4.32. The van der Waals surface area contributed by atoms with Gasteiger partial charge in [-0.05, 0) is 37.5 Å². The Labute approximate surface area is 101 Å². The van der Waals surface area contributed by atoms with Gasteiger partial charge in [0.25, 0.3) is 0 Å². The molecule has 0 amide bonds. The lowest BCUT2D eigenvalue weighted by Crippen LogP contribution is -2.12. The molecule has 4 heteroatoms. The van der Waals surface area contributed by atoms with Gasteiger partial charge in [0.1, 0.15) is 0 Å². The summed E-state index contributed by atoms with van der Waals surface area (Å²) in [7, 11) is 1.95. The van der Waals surface area contributed by atoms with Crippen molar-refractivity contribution in [2.75, 3.05) is 0 Å². The summed E-state index contributed by atoms with van der Waals surface area (Å²) in [5.41, 5.74) is 9.47. The Kier molecular flexibility index (Phi) is 3.54. The molecule has 0 spiro atoms.